The number of alkyl halides is 3. The van der Waals surface area contributed by atoms with Gasteiger partial charge in [-0.3, -0.25) is 9.89 Å². The Morgan fingerprint density at radius 3 is 2.63 bits per heavy atom. The number of fused-ring (bicyclic) bond motifs is 1. The molecule has 2 atom stereocenters. The second-order valence-corrected chi connectivity index (χ2v) is 9.78. The Morgan fingerprint density at radius 2 is 1.89 bits per heavy atom. The van der Waals surface area contributed by atoms with Crippen LogP contribution in [0.5, 0.6) is 5.75 Å². The van der Waals surface area contributed by atoms with E-state index in [4.69, 9.17) is 23.2 Å². The second-order valence-electron chi connectivity index (χ2n) is 8.97. The zero-order valence-corrected chi connectivity index (χ0v) is 20.1. The molecule has 1 amide bonds. The van der Waals surface area contributed by atoms with Crippen LogP contribution < -0.4 is 4.74 Å². The van der Waals surface area contributed by atoms with E-state index in [1.807, 2.05) is 11.1 Å². The molecule has 0 radical (unpaired) electrons. The molecule has 2 heterocycles. The molecule has 2 aliphatic rings. The fraction of sp³-hybridized carbons (Fsp3) is 0.360. The smallest absolute Gasteiger partial charge is 0.406 e. The van der Waals surface area contributed by atoms with Crippen molar-refractivity contribution in [1.29, 1.82) is 0 Å². The Bertz CT molecular complexity index is 1240. The number of nitrogens with one attached hydrogen (secondary N) is 1. The van der Waals surface area contributed by atoms with Gasteiger partial charge in [0.05, 0.1) is 5.69 Å². The number of ether oxygens (including phenoxy) is 1. The molecule has 1 aliphatic carbocycles. The molecule has 0 unspecified atom stereocenters. The van der Waals surface area contributed by atoms with Gasteiger partial charge in [0, 0.05) is 34.7 Å². The van der Waals surface area contributed by atoms with E-state index in [2.05, 4.69) is 14.9 Å². The highest BCUT2D eigenvalue weighted by Gasteiger charge is 2.38. The Kier molecular flexibility index (Phi) is 6.44. The number of hydrogen-bond donors (Lipinski definition) is 1. The van der Waals surface area contributed by atoms with Gasteiger partial charge in [0.15, 0.2) is 0 Å². The zero-order chi connectivity index (χ0) is 24.7. The van der Waals surface area contributed by atoms with Crippen LogP contribution in [-0.2, 0) is 24.1 Å². The zero-order valence-electron chi connectivity index (χ0n) is 18.5. The van der Waals surface area contributed by atoms with Crippen molar-refractivity contribution < 1.29 is 22.7 Å². The molecule has 2 aromatic carbocycles. The van der Waals surface area contributed by atoms with Crippen LogP contribution in [0.1, 0.15) is 29.7 Å². The lowest BCUT2D eigenvalue weighted by Gasteiger charge is -2.31. The Labute approximate surface area is 210 Å². The fourth-order valence-electron chi connectivity index (χ4n) is 5.06. The number of aromatic nitrogens is 2. The number of amides is 1. The molecule has 1 aromatic heterocycles. The first-order valence-corrected chi connectivity index (χ1v) is 12.1. The summed E-state index contributed by atoms with van der Waals surface area (Å²) in [6.07, 6.45) is 0.810. The van der Waals surface area contributed by atoms with Gasteiger partial charge in [0.25, 0.3) is 0 Å². The van der Waals surface area contributed by atoms with E-state index in [-0.39, 0.29) is 23.6 Å². The summed E-state index contributed by atoms with van der Waals surface area (Å²) in [6.45, 7) is 0.695. The first-order valence-electron chi connectivity index (χ1n) is 11.3. The third-order valence-electron chi connectivity index (χ3n) is 6.76. The normalized spacial score (nSPS) is 20.3. The van der Waals surface area contributed by atoms with Gasteiger partial charge in [-0.1, -0.05) is 35.3 Å². The summed E-state index contributed by atoms with van der Waals surface area (Å²) in [6, 6.07) is 9.11. The van der Waals surface area contributed by atoms with Crippen LogP contribution in [0, 0.1) is 5.92 Å². The number of likely N-dealkylation sites (tertiary alicyclic amines) is 1. The van der Waals surface area contributed by atoms with E-state index in [0.717, 1.165) is 31.4 Å². The summed E-state index contributed by atoms with van der Waals surface area (Å²) in [4.78, 5) is 15.2. The average Bonchev–Trinajstić information content (AvgIpc) is 3.41. The quantitative estimate of drug-likeness (QED) is 0.431. The van der Waals surface area contributed by atoms with E-state index >= 15 is 0 Å². The highest BCUT2D eigenvalue weighted by atomic mass is 35.5. The van der Waals surface area contributed by atoms with E-state index in [1.165, 1.54) is 23.8 Å². The number of benzene rings is 2. The van der Waals surface area contributed by atoms with Crippen molar-refractivity contribution in [2.24, 2.45) is 5.92 Å². The minimum Gasteiger partial charge on any atom is -0.406 e. The molecular formula is C25H22Cl2F3N3O2. The first kappa shape index (κ1) is 24.0. The number of H-pyrrole nitrogens is 1. The van der Waals surface area contributed by atoms with Crippen molar-refractivity contribution in [3.63, 3.8) is 0 Å². The van der Waals surface area contributed by atoms with Crippen LogP contribution in [0.25, 0.3) is 11.1 Å². The summed E-state index contributed by atoms with van der Waals surface area (Å²) in [7, 11) is 0. The van der Waals surface area contributed by atoms with Gasteiger partial charge in [0.1, 0.15) is 5.75 Å². The second kappa shape index (κ2) is 9.39. The molecular weight excluding hydrogens is 502 g/mol. The Morgan fingerprint density at radius 1 is 1.11 bits per heavy atom. The molecule has 1 aliphatic heterocycles. The molecule has 35 heavy (non-hydrogen) atoms. The topological polar surface area (TPSA) is 58.2 Å². The lowest BCUT2D eigenvalue weighted by Crippen LogP contribution is -2.41. The molecule has 3 aromatic rings. The van der Waals surface area contributed by atoms with Gasteiger partial charge in [-0.2, -0.15) is 5.10 Å². The monoisotopic (exact) mass is 523 g/mol. The summed E-state index contributed by atoms with van der Waals surface area (Å²) >= 11 is 13.1. The molecule has 10 heteroatoms. The van der Waals surface area contributed by atoms with Crippen molar-refractivity contribution in [1.82, 2.24) is 15.1 Å². The largest absolute Gasteiger partial charge is 0.573 e. The molecule has 0 spiro atoms. The highest BCUT2D eigenvalue weighted by molar-refractivity contribution is 6.36. The standard InChI is InChI=1S/C25H22Cl2F3N3O2/c26-21-11-16(14-2-1-3-19(9-14)35-25(28,29)30)12-22(27)20(21)10-15-6-7-33(24(15)34)18-4-5-23-17(8-18)13-31-32-23/h1-3,9,11-13,15,18H,4-8,10H2,(H,31,32)/t15-,18-/m0/s1. The average molecular weight is 524 g/mol. The molecule has 1 saturated heterocycles. The maximum Gasteiger partial charge on any atom is 0.573 e. The van der Waals surface area contributed by atoms with Crippen LogP contribution >= 0.6 is 23.2 Å². The van der Waals surface area contributed by atoms with E-state index in [9.17, 15) is 18.0 Å². The highest BCUT2D eigenvalue weighted by Crippen LogP contribution is 2.37. The predicted octanol–water partition coefficient (Wildman–Crippen LogP) is 6.23. The third kappa shape index (κ3) is 5.14. The van der Waals surface area contributed by atoms with E-state index in [1.54, 1.807) is 18.2 Å². The minimum atomic E-state index is -4.78. The van der Waals surface area contributed by atoms with Crippen LogP contribution in [0.2, 0.25) is 10.0 Å². The molecule has 1 fully saturated rings. The maximum atomic E-state index is 13.2. The number of halogens is 5. The Hall–Kier alpha value is -2.71. The van der Waals surface area contributed by atoms with Crippen molar-refractivity contribution in [2.75, 3.05) is 6.54 Å². The maximum absolute atomic E-state index is 13.2. The molecule has 0 bridgehead atoms. The van der Waals surface area contributed by atoms with Gasteiger partial charge in [-0.25, -0.2) is 0 Å². The number of nitrogens with zero attached hydrogens (tertiary/aromatic N) is 2. The van der Waals surface area contributed by atoms with E-state index < -0.39 is 6.36 Å². The summed E-state index contributed by atoms with van der Waals surface area (Å²) in [5.41, 5.74) is 3.97. The first-order chi connectivity index (χ1) is 16.7. The summed E-state index contributed by atoms with van der Waals surface area (Å²) in [5, 5.41) is 7.92. The van der Waals surface area contributed by atoms with Crippen molar-refractivity contribution in [2.45, 2.75) is 44.5 Å². The van der Waals surface area contributed by atoms with Crippen LogP contribution in [0.4, 0.5) is 13.2 Å². The number of aryl methyl sites for hydroxylation is 1. The van der Waals surface area contributed by atoms with E-state index in [0.29, 0.717) is 39.7 Å². The van der Waals surface area contributed by atoms with Gasteiger partial charge in [-0.05, 0) is 78.6 Å². The summed E-state index contributed by atoms with van der Waals surface area (Å²) < 4.78 is 41.7. The molecule has 1 N–H and O–H groups in total. The SMILES string of the molecule is O=C1[C@H](Cc2c(Cl)cc(-c3cccc(OC(F)(F)F)c3)cc2Cl)CCN1[C@H]1CCc2n[nH]cc2C1. The van der Waals surface area contributed by atoms with Crippen molar-refractivity contribution in [3.8, 4) is 16.9 Å². The number of rotatable bonds is 5. The molecule has 5 rings (SSSR count). The lowest BCUT2D eigenvalue weighted by atomic mass is 9.92. The Balaban J connectivity index is 1.30. The lowest BCUT2D eigenvalue weighted by molar-refractivity contribution is -0.274. The molecule has 184 valence electrons. The van der Waals surface area contributed by atoms with Gasteiger partial charge >= 0.3 is 6.36 Å². The van der Waals surface area contributed by atoms with Crippen LogP contribution in [0.3, 0.4) is 0 Å². The van der Waals surface area contributed by atoms with Gasteiger partial charge in [-0.15, -0.1) is 13.2 Å². The molecule has 0 saturated carbocycles. The predicted molar refractivity (Wildman–Crippen MR) is 127 cm³/mol. The van der Waals surface area contributed by atoms with Crippen molar-refractivity contribution >= 4 is 29.1 Å². The number of aromatic amines is 1. The third-order valence-corrected chi connectivity index (χ3v) is 7.44. The molecule has 5 nitrogen and oxygen atoms in total. The number of carbonyl (C=O) groups excluding carboxylic acids is 1. The fourth-order valence-corrected chi connectivity index (χ4v) is 5.70. The van der Waals surface area contributed by atoms with Crippen LogP contribution in [0.15, 0.2) is 42.6 Å². The van der Waals surface area contributed by atoms with Gasteiger partial charge in [0.2, 0.25) is 5.91 Å². The van der Waals surface area contributed by atoms with Gasteiger partial charge < -0.3 is 9.64 Å². The van der Waals surface area contributed by atoms with Crippen molar-refractivity contribution in [3.05, 3.63) is 69.5 Å². The summed E-state index contributed by atoms with van der Waals surface area (Å²) in [5.74, 6) is -0.437. The number of hydrogen-bond acceptors (Lipinski definition) is 3. The van der Waals surface area contributed by atoms with Crippen LogP contribution in [-0.4, -0.2) is 40.0 Å². The minimum absolute atomic E-state index is 0.107. The number of carbonyl (C=O) groups is 1.